The van der Waals surface area contributed by atoms with Crippen molar-refractivity contribution < 1.29 is 28.1 Å². The molecule has 9 nitrogen and oxygen atoms in total. The third kappa shape index (κ3) is 3.80. The highest BCUT2D eigenvalue weighted by atomic mass is 32.2. The summed E-state index contributed by atoms with van der Waals surface area (Å²) in [5.41, 5.74) is 0.295. The third-order valence-corrected chi connectivity index (χ3v) is 5.63. The van der Waals surface area contributed by atoms with Gasteiger partial charge in [0.15, 0.2) is 5.13 Å². The number of aromatic nitrogens is 1. The highest BCUT2D eigenvalue weighted by Crippen LogP contribution is 2.40. The zero-order valence-corrected chi connectivity index (χ0v) is 15.5. The molecule has 1 saturated heterocycles. The van der Waals surface area contributed by atoms with Crippen molar-refractivity contribution in [2.24, 2.45) is 0 Å². The zero-order valence-electron chi connectivity index (χ0n) is 13.8. The van der Waals surface area contributed by atoms with Gasteiger partial charge in [0.2, 0.25) is 0 Å². The van der Waals surface area contributed by atoms with E-state index in [2.05, 4.69) is 4.98 Å². The van der Waals surface area contributed by atoms with Gasteiger partial charge in [-0.25, -0.2) is 18.3 Å². The smallest absolute Gasteiger partial charge is 0.335 e. The minimum atomic E-state index is -2.39. The topological polar surface area (TPSA) is 112 Å². The van der Waals surface area contributed by atoms with E-state index in [4.69, 9.17) is 14.6 Å². The molecule has 1 aromatic carbocycles. The predicted octanol–water partition coefficient (Wildman–Crippen LogP) is 1.96. The minimum absolute atomic E-state index is 0.0209. The van der Waals surface area contributed by atoms with E-state index in [0.29, 0.717) is 31.3 Å². The summed E-state index contributed by atoms with van der Waals surface area (Å²) >= 11 is -1.13. The Morgan fingerprint density at radius 3 is 2.77 bits per heavy atom. The SMILES string of the molecule is COc1cc(C(=O)O)ccc1N(c1cnc(N2CCOCC2)s1)S(=O)O. The van der Waals surface area contributed by atoms with Crippen LogP contribution in [-0.4, -0.2) is 58.2 Å². The standard InChI is InChI=1S/C15H17N3O6S2/c1-23-12-8-10(14(19)20)2-3-11(12)18(26(21)22)13-9-16-15(25-13)17-4-6-24-7-5-17/h2-3,8-9H,4-7H2,1H3,(H,19,20)(H,21,22). The number of thiazole rings is 1. The van der Waals surface area contributed by atoms with Crippen LogP contribution >= 0.6 is 11.3 Å². The molecule has 1 aliphatic heterocycles. The fourth-order valence-corrected chi connectivity index (χ4v) is 4.22. The van der Waals surface area contributed by atoms with Gasteiger partial charge in [0.25, 0.3) is 11.3 Å². The number of hydrogen-bond donors (Lipinski definition) is 2. The number of nitrogens with zero attached hydrogens (tertiary/aromatic N) is 3. The van der Waals surface area contributed by atoms with Crippen LogP contribution in [0.25, 0.3) is 0 Å². The molecular formula is C15H17N3O6S2. The van der Waals surface area contributed by atoms with Gasteiger partial charge in [-0.05, 0) is 18.2 Å². The van der Waals surface area contributed by atoms with Crippen LogP contribution in [0.1, 0.15) is 10.4 Å². The predicted molar refractivity (Wildman–Crippen MR) is 98.0 cm³/mol. The lowest BCUT2D eigenvalue weighted by molar-refractivity contribution is 0.0696. The van der Waals surface area contributed by atoms with Crippen molar-refractivity contribution in [3.8, 4) is 5.75 Å². The van der Waals surface area contributed by atoms with E-state index in [-0.39, 0.29) is 17.0 Å². The van der Waals surface area contributed by atoms with Crippen LogP contribution in [0.5, 0.6) is 5.75 Å². The average Bonchev–Trinajstić information content (AvgIpc) is 3.12. The van der Waals surface area contributed by atoms with Crippen molar-refractivity contribution in [3.63, 3.8) is 0 Å². The molecule has 0 radical (unpaired) electrons. The Morgan fingerprint density at radius 2 is 2.15 bits per heavy atom. The largest absolute Gasteiger partial charge is 0.495 e. The highest BCUT2D eigenvalue weighted by Gasteiger charge is 2.24. The molecule has 1 atom stereocenters. The normalized spacial score (nSPS) is 15.5. The van der Waals surface area contributed by atoms with Crippen molar-refractivity contribution in [2.75, 3.05) is 42.6 Å². The number of carboxylic acids is 1. The Morgan fingerprint density at radius 1 is 1.42 bits per heavy atom. The lowest BCUT2D eigenvalue weighted by Crippen LogP contribution is -2.36. The fraction of sp³-hybridized carbons (Fsp3) is 0.333. The molecule has 2 aromatic rings. The molecule has 1 fully saturated rings. The first-order valence-corrected chi connectivity index (χ1v) is 9.50. The quantitative estimate of drug-likeness (QED) is 0.709. The lowest BCUT2D eigenvalue weighted by atomic mass is 10.2. The van der Waals surface area contributed by atoms with Crippen molar-refractivity contribution in [1.82, 2.24) is 4.98 Å². The van der Waals surface area contributed by atoms with Crippen LogP contribution < -0.4 is 13.9 Å². The van der Waals surface area contributed by atoms with Gasteiger partial charge >= 0.3 is 5.97 Å². The van der Waals surface area contributed by atoms with Gasteiger partial charge < -0.3 is 19.5 Å². The molecule has 0 saturated carbocycles. The molecule has 26 heavy (non-hydrogen) atoms. The van der Waals surface area contributed by atoms with E-state index in [1.165, 1.54) is 42.8 Å². The van der Waals surface area contributed by atoms with Crippen LogP contribution in [0.15, 0.2) is 24.4 Å². The molecule has 0 aliphatic carbocycles. The van der Waals surface area contributed by atoms with E-state index in [1.54, 1.807) is 0 Å². The number of anilines is 3. The summed E-state index contributed by atoms with van der Waals surface area (Å²) in [6, 6.07) is 4.09. The van der Waals surface area contributed by atoms with Crippen molar-refractivity contribution in [3.05, 3.63) is 30.0 Å². The number of morpholine rings is 1. The molecule has 3 rings (SSSR count). The van der Waals surface area contributed by atoms with Crippen LogP contribution in [0.2, 0.25) is 0 Å². The molecular weight excluding hydrogens is 382 g/mol. The summed E-state index contributed by atoms with van der Waals surface area (Å²) in [5.74, 6) is -0.937. The summed E-state index contributed by atoms with van der Waals surface area (Å²) in [4.78, 5) is 17.5. The van der Waals surface area contributed by atoms with Crippen LogP contribution in [0.4, 0.5) is 15.8 Å². The summed E-state index contributed by atoms with van der Waals surface area (Å²) < 4.78 is 33.5. The Kier molecular flexibility index (Phi) is 5.71. The summed E-state index contributed by atoms with van der Waals surface area (Å²) in [5, 5.41) is 10.3. The van der Waals surface area contributed by atoms with Gasteiger partial charge in [0.1, 0.15) is 10.8 Å². The number of ether oxygens (including phenoxy) is 2. The third-order valence-electron chi connectivity index (χ3n) is 3.76. The Balaban J connectivity index is 1.96. The van der Waals surface area contributed by atoms with E-state index >= 15 is 0 Å². The maximum Gasteiger partial charge on any atom is 0.335 e. The van der Waals surface area contributed by atoms with E-state index in [9.17, 15) is 13.6 Å². The molecule has 0 amide bonds. The first kappa shape index (κ1) is 18.6. The number of rotatable bonds is 6. The maximum absolute atomic E-state index is 12.0. The summed E-state index contributed by atoms with van der Waals surface area (Å²) in [7, 11) is 1.37. The van der Waals surface area contributed by atoms with Crippen molar-refractivity contribution in [2.45, 2.75) is 0 Å². The molecule has 1 aromatic heterocycles. The molecule has 2 N–H and O–H groups in total. The average molecular weight is 399 g/mol. The number of hydrogen-bond acceptors (Lipinski definition) is 7. The fourth-order valence-electron chi connectivity index (χ4n) is 2.51. The number of aromatic carboxylic acids is 1. The zero-order chi connectivity index (χ0) is 18.7. The molecule has 0 bridgehead atoms. The van der Waals surface area contributed by atoms with E-state index in [1.807, 2.05) is 4.90 Å². The van der Waals surface area contributed by atoms with E-state index in [0.717, 1.165) is 9.44 Å². The Hall–Kier alpha value is -2.21. The van der Waals surface area contributed by atoms with Gasteiger partial charge in [-0.1, -0.05) is 11.3 Å². The second-order valence-electron chi connectivity index (χ2n) is 5.30. The first-order valence-electron chi connectivity index (χ1n) is 7.62. The van der Waals surface area contributed by atoms with Crippen LogP contribution in [0, 0.1) is 0 Å². The number of carbonyl (C=O) groups is 1. The molecule has 2 heterocycles. The number of methoxy groups -OCH3 is 1. The second kappa shape index (κ2) is 7.99. The highest BCUT2D eigenvalue weighted by molar-refractivity contribution is 7.81. The Bertz CT molecular complexity index is 821. The molecule has 140 valence electrons. The summed E-state index contributed by atoms with van der Waals surface area (Å²) in [6.07, 6.45) is 1.51. The maximum atomic E-state index is 12.0. The van der Waals surface area contributed by atoms with Crippen LogP contribution in [0.3, 0.4) is 0 Å². The van der Waals surface area contributed by atoms with E-state index < -0.39 is 17.2 Å². The number of benzene rings is 1. The molecule has 1 aliphatic rings. The monoisotopic (exact) mass is 399 g/mol. The van der Waals surface area contributed by atoms with Gasteiger partial charge in [-0.2, -0.15) is 0 Å². The lowest BCUT2D eigenvalue weighted by Gasteiger charge is -2.26. The van der Waals surface area contributed by atoms with Gasteiger partial charge in [0.05, 0.1) is 37.8 Å². The van der Waals surface area contributed by atoms with Gasteiger partial charge in [-0.3, -0.25) is 4.55 Å². The molecule has 0 spiro atoms. The Labute approximate surface area is 156 Å². The minimum Gasteiger partial charge on any atom is -0.495 e. The van der Waals surface area contributed by atoms with Gasteiger partial charge in [-0.15, -0.1) is 0 Å². The van der Waals surface area contributed by atoms with Gasteiger partial charge in [0, 0.05) is 13.1 Å². The first-order chi connectivity index (χ1) is 12.5. The van der Waals surface area contributed by atoms with Crippen molar-refractivity contribution >= 4 is 44.4 Å². The van der Waals surface area contributed by atoms with Crippen molar-refractivity contribution in [1.29, 1.82) is 0 Å². The molecule has 11 heteroatoms. The van der Waals surface area contributed by atoms with Crippen LogP contribution in [-0.2, 0) is 16.0 Å². The second-order valence-corrected chi connectivity index (χ2v) is 7.11. The molecule has 1 unspecified atom stereocenters. The number of carboxylic acid groups (broad SMARTS) is 1. The summed E-state index contributed by atoms with van der Waals surface area (Å²) in [6.45, 7) is 2.61.